The lowest BCUT2D eigenvalue weighted by Crippen LogP contribution is -2.49. The van der Waals surface area contributed by atoms with Crippen LogP contribution < -0.4 is 26.0 Å². The molecule has 1 aliphatic rings. The van der Waals surface area contributed by atoms with Crippen molar-refractivity contribution in [2.24, 2.45) is 0 Å². The predicted octanol–water partition coefficient (Wildman–Crippen LogP) is 6.59. The Hall–Kier alpha value is -3.87. The van der Waals surface area contributed by atoms with Crippen molar-refractivity contribution >= 4 is 23.1 Å². The molecule has 3 aromatic carbocycles. The number of hydrogen-bond donors (Lipinski definition) is 4. The first-order valence-corrected chi connectivity index (χ1v) is 13.8. The average molecular weight is 531 g/mol. The molecule has 7 heteroatoms. The molecule has 2 amide bonds. The van der Waals surface area contributed by atoms with E-state index >= 15 is 0 Å². The minimum atomic E-state index is -0.282. The van der Waals surface area contributed by atoms with Crippen LogP contribution in [0.3, 0.4) is 0 Å². The van der Waals surface area contributed by atoms with Gasteiger partial charge in [-0.05, 0) is 77.8 Å². The molecule has 208 valence electrons. The molecular weight excluding hydrogens is 488 g/mol. The fourth-order valence-electron chi connectivity index (χ4n) is 5.60. The van der Waals surface area contributed by atoms with E-state index in [0.717, 1.165) is 59.7 Å². The monoisotopic (exact) mass is 530 g/mol. The molecule has 0 aliphatic carbocycles. The first-order valence-electron chi connectivity index (χ1n) is 13.8. The topological polar surface area (TPSA) is 99.8 Å². The molecule has 0 aromatic heterocycles. The van der Waals surface area contributed by atoms with E-state index in [1.807, 2.05) is 42.5 Å². The number of anilines is 3. The van der Waals surface area contributed by atoms with Crippen LogP contribution >= 0.6 is 0 Å². The first-order chi connectivity index (χ1) is 18.6. The van der Waals surface area contributed by atoms with Crippen LogP contribution in [0.15, 0.2) is 60.7 Å². The Labute approximate surface area is 232 Å². The van der Waals surface area contributed by atoms with Crippen molar-refractivity contribution in [1.29, 1.82) is 0 Å². The van der Waals surface area contributed by atoms with E-state index in [-0.39, 0.29) is 29.0 Å². The maximum absolute atomic E-state index is 13.4. The molecule has 0 radical (unpaired) electrons. The maximum atomic E-state index is 13.4. The lowest BCUT2D eigenvalue weighted by atomic mass is 9.72. The second kappa shape index (κ2) is 11.9. The van der Waals surface area contributed by atoms with Gasteiger partial charge < -0.3 is 31.1 Å². The molecule has 39 heavy (non-hydrogen) atoms. The Kier molecular flexibility index (Phi) is 8.58. The average Bonchev–Trinajstić information content (AvgIpc) is 2.93. The van der Waals surface area contributed by atoms with E-state index in [4.69, 9.17) is 10.5 Å². The molecule has 7 nitrogen and oxygen atoms in total. The Morgan fingerprint density at radius 1 is 1.00 bits per heavy atom. The van der Waals surface area contributed by atoms with Crippen LogP contribution in [-0.2, 0) is 5.41 Å². The third kappa shape index (κ3) is 6.24. The second-order valence-corrected chi connectivity index (χ2v) is 11.2. The van der Waals surface area contributed by atoms with Crippen molar-refractivity contribution in [1.82, 2.24) is 5.32 Å². The zero-order chi connectivity index (χ0) is 28.2. The predicted molar refractivity (Wildman–Crippen MR) is 160 cm³/mol. The van der Waals surface area contributed by atoms with Gasteiger partial charge in [0, 0.05) is 36.4 Å². The minimum absolute atomic E-state index is 0.211. The summed E-state index contributed by atoms with van der Waals surface area (Å²) in [5.41, 5.74) is 11.5. The van der Waals surface area contributed by atoms with Gasteiger partial charge in [-0.3, -0.25) is 0 Å². The fraction of sp³-hybridized carbons (Fsp3) is 0.406. The van der Waals surface area contributed by atoms with Crippen molar-refractivity contribution in [3.8, 4) is 11.5 Å². The largest absolute Gasteiger partial charge is 0.506 e. The third-order valence-electron chi connectivity index (χ3n) is 7.92. The number of carbonyl (C=O) groups is 1. The molecule has 1 heterocycles. The molecule has 5 N–H and O–H groups in total. The summed E-state index contributed by atoms with van der Waals surface area (Å²) in [6.07, 6.45) is 1.62. The number of aromatic hydroxyl groups is 1. The SMILES string of the molecule is COc1cccc(C2(CNC(=O)Nc3c(C(C)C)cc(N)cc3C(C)C)CCN(c3ccccc3O)CC2)c1. The first kappa shape index (κ1) is 28.1. The molecule has 0 saturated carbocycles. The number of carbonyl (C=O) groups excluding carboxylic acids is 1. The molecule has 4 rings (SSSR count). The molecule has 3 aromatic rings. The van der Waals surface area contributed by atoms with Crippen molar-refractivity contribution < 1.29 is 14.6 Å². The normalized spacial score (nSPS) is 14.9. The zero-order valence-corrected chi connectivity index (χ0v) is 23.8. The van der Waals surface area contributed by atoms with Gasteiger partial charge in [0.15, 0.2) is 0 Å². The summed E-state index contributed by atoms with van der Waals surface area (Å²) in [7, 11) is 1.67. The van der Waals surface area contributed by atoms with Gasteiger partial charge in [0.1, 0.15) is 11.5 Å². The summed E-state index contributed by atoms with van der Waals surface area (Å²) in [6.45, 7) is 10.4. The van der Waals surface area contributed by atoms with Crippen LogP contribution in [0.2, 0.25) is 0 Å². The second-order valence-electron chi connectivity index (χ2n) is 11.2. The van der Waals surface area contributed by atoms with Crippen LogP contribution in [0.4, 0.5) is 21.9 Å². The number of phenols is 1. The van der Waals surface area contributed by atoms with Gasteiger partial charge >= 0.3 is 6.03 Å². The van der Waals surface area contributed by atoms with Gasteiger partial charge in [-0.2, -0.15) is 0 Å². The van der Waals surface area contributed by atoms with Crippen LogP contribution in [0, 0.1) is 0 Å². The molecule has 1 aliphatic heterocycles. The standard InChI is InChI=1S/C32H42N4O3/c1-21(2)26-18-24(33)19-27(22(3)4)30(26)35-31(38)34-20-32(23-9-8-10-25(17-23)39-5)13-15-36(16-14-32)28-11-6-7-12-29(28)37/h6-12,17-19,21-22,37H,13-16,20,33H2,1-5H3,(H2,34,35,38). The van der Waals surface area contributed by atoms with E-state index in [2.05, 4.69) is 55.4 Å². The smallest absolute Gasteiger partial charge is 0.319 e. The van der Waals surface area contributed by atoms with E-state index in [1.165, 1.54) is 0 Å². The highest BCUT2D eigenvalue weighted by Crippen LogP contribution is 2.40. The van der Waals surface area contributed by atoms with Crippen molar-refractivity contribution in [3.05, 3.63) is 77.4 Å². The van der Waals surface area contributed by atoms with Crippen LogP contribution in [0.5, 0.6) is 11.5 Å². The molecule has 0 spiro atoms. The summed E-state index contributed by atoms with van der Waals surface area (Å²) in [4.78, 5) is 15.6. The number of methoxy groups -OCH3 is 1. The Morgan fingerprint density at radius 2 is 1.64 bits per heavy atom. The number of nitrogens with one attached hydrogen (secondary N) is 2. The number of amides is 2. The van der Waals surface area contributed by atoms with Gasteiger partial charge in [0.25, 0.3) is 0 Å². The lowest BCUT2D eigenvalue weighted by molar-refractivity contribution is 0.244. The van der Waals surface area contributed by atoms with E-state index in [9.17, 15) is 9.90 Å². The molecule has 0 atom stereocenters. The van der Waals surface area contributed by atoms with E-state index in [1.54, 1.807) is 13.2 Å². The molecular formula is C32H42N4O3. The highest BCUT2D eigenvalue weighted by Gasteiger charge is 2.37. The Morgan fingerprint density at radius 3 is 2.23 bits per heavy atom. The lowest BCUT2D eigenvalue weighted by Gasteiger charge is -2.43. The summed E-state index contributed by atoms with van der Waals surface area (Å²) in [6, 6.07) is 19.3. The number of benzene rings is 3. The summed E-state index contributed by atoms with van der Waals surface area (Å²) < 4.78 is 5.53. The highest BCUT2D eigenvalue weighted by atomic mass is 16.5. The van der Waals surface area contributed by atoms with E-state index < -0.39 is 0 Å². The number of urea groups is 1. The molecule has 1 saturated heterocycles. The summed E-state index contributed by atoms with van der Waals surface area (Å²) >= 11 is 0. The number of ether oxygens (including phenoxy) is 1. The number of hydrogen-bond acceptors (Lipinski definition) is 5. The molecule has 1 fully saturated rings. The van der Waals surface area contributed by atoms with Crippen LogP contribution in [-0.4, -0.2) is 37.9 Å². The number of para-hydroxylation sites is 2. The van der Waals surface area contributed by atoms with Crippen molar-refractivity contribution in [3.63, 3.8) is 0 Å². The van der Waals surface area contributed by atoms with Crippen molar-refractivity contribution in [2.45, 2.75) is 57.8 Å². The summed E-state index contributed by atoms with van der Waals surface area (Å²) in [5.74, 6) is 1.50. The Bertz CT molecular complexity index is 1270. The quantitative estimate of drug-likeness (QED) is 0.246. The van der Waals surface area contributed by atoms with Gasteiger partial charge in [-0.1, -0.05) is 52.0 Å². The van der Waals surface area contributed by atoms with Crippen LogP contribution in [0.25, 0.3) is 0 Å². The van der Waals surface area contributed by atoms with Gasteiger partial charge in [0.05, 0.1) is 12.8 Å². The minimum Gasteiger partial charge on any atom is -0.506 e. The van der Waals surface area contributed by atoms with Gasteiger partial charge in [-0.25, -0.2) is 4.79 Å². The number of phenolic OH excluding ortho intramolecular Hbond substituents is 1. The van der Waals surface area contributed by atoms with E-state index in [0.29, 0.717) is 12.2 Å². The number of nitrogen functional groups attached to an aromatic ring is 1. The highest BCUT2D eigenvalue weighted by molar-refractivity contribution is 5.92. The fourth-order valence-corrected chi connectivity index (χ4v) is 5.60. The summed E-state index contributed by atoms with van der Waals surface area (Å²) in [5, 5.41) is 16.8. The van der Waals surface area contributed by atoms with Gasteiger partial charge in [0.2, 0.25) is 0 Å². The number of nitrogens with zero attached hydrogens (tertiary/aromatic N) is 1. The Balaban J connectivity index is 1.57. The zero-order valence-electron chi connectivity index (χ0n) is 23.8. The number of rotatable bonds is 8. The third-order valence-corrected chi connectivity index (χ3v) is 7.92. The van der Waals surface area contributed by atoms with Gasteiger partial charge in [-0.15, -0.1) is 0 Å². The number of nitrogens with two attached hydrogens (primary N) is 1. The van der Waals surface area contributed by atoms with Crippen LogP contribution in [0.1, 0.15) is 69.1 Å². The van der Waals surface area contributed by atoms with Crippen molar-refractivity contribution in [2.75, 3.05) is 42.7 Å². The molecule has 0 bridgehead atoms. The maximum Gasteiger partial charge on any atom is 0.319 e. The molecule has 0 unspecified atom stereocenters. The number of piperidine rings is 1.